The zero-order valence-electron chi connectivity index (χ0n) is 7.61. The zero-order valence-corrected chi connectivity index (χ0v) is 12.4. The lowest BCUT2D eigenvalue weighted by Crippen LogP contribution is -2.20. The quantitative estimate of drug-likeness (QED) is 0.737. The Kier molecular flexibility index (Phi) is 4.87. The average molecular weight is 388 g/mol. The topological polar surface area (TPSA) is 29.1 Å². The van der Waals surface area contributed by atoms with Crippen LogP contribution in [0.4, 0.5) is 0 Å². The maximum atomic E-state index is 11.5. The molecule has 0 fully saturated rings. The van der Waals surface area contributed by atoms with Gasteiger partial charge in [0.05, 0.1) is 9.09 Å². The fraction of sp³-hybridized carbons (Fsp3) is 0.444. The second kappa shape index (κ2) is 5.47. The monoisotopic (exact) mass is 385 g/mol. The number of halogens is 3. The molecule has 0 saturated carbocycles. The fourth-order valence-electron chi connectivity index (χ4n) is 1.20. The van der Waals surface area contributed by atoms with E-state index in [1.807, 2.05) is 6.08 Å². The molecule has 1 rings (SSSR count). The van der Waals surface area contributed by atoms with Crippen molar-refractivity contribution in [2.45, 2.75) is 24.6 Å². The predicted molar refractivity (Wildman–Crippen MR) is 68.7 cm³/mol. The van der Waals surface area contributed by atoms with Crippen molar-refractivity contribution in [3.8, 4) is 0 Å². The molecule has 14 heavy (non-hydrogen) atoms. The van der Waals surface area contributed by atoms with E-state index in [-0.39, 0.29) is 10.7 Å². The minimum absolute atomic E-state index is 0.0216. The summed E-state index contributed by atoms with van der Waals surface area (Å²) < 4.78 is 0.768. The Morgan fingerprint density at radius 2 is 2.21 bits per heavy atom. The first-order valence-corrected chi connectivity index (χ1v) is 6.78. The molecule has 0 aliphatic carbocycles. The van der Waals surface area contributed by atoms with Crippen molar-refractivity contribution in [1.29, 1.82) is 0 Å². The number of rotatable bonds is 3. The third-order valence-corrected chi connectivity index (χ3v) is 3.70. The largest absolute Gasteiger partial charge is 0.321 e. The number of carbonyl (C=O) groups is 1. The third kappa shape index (κ3) is 2.94. The third-order valence-electron chi connectivity index (χ3n) is 1.89. The molecule has 1 atom stereocenters. The number of nitrogens with one attached hydrogen (secondary N) is 1. The molecule has 78 valence electrons. The highest BCUT2D eigenvalue weighted by molar-refractivity contribution is 9.28. The summed E-state index contributed by atoms with van der Waals surface area (Å²) in [5.41, 5.74) is 1.57. The van der Waals surface area contributed by atoms with Crippen LogP contribution in [0.25, 0.3) is 0 Å². The predicted octanol–water partition coefficient (Wildman–Crippen LogP) is 3.57. The Labute approximate surface area is 109 Å². The molecular formula is C9H10Br3NO. The summed E-state index contributed by atoms with van der Waals surface area (Å²) in [6, 6.07) is 0. The van der Waals surface area contributed by atoms with Crippen molar-refractivity contribution in [2.24, 2.45) is 0 Å². The van der Waals surface area contributed by atoms with Crippen LogP contribution in [0.1, 0.15) is 19.8 Å². The zero-order chi connectivity index (χ0) is 10.7. The lowest BCUT2D eigenvalue weighted by Gasteiger charge is -2.06. The van der Waals surface area contributed by atoms with Gasteiger partial charge in [0.25, 0.3) is 5.91 Å². The second-order valence-electron chi connectivity index (χ2n) is 2.98. The van der Waals surface area contributed by atoms with Crippen LogP contribution < -0.4 is 5.32 Å². The molecule has 0 aromatic rings. The molecule has 0 aromatic heterocycles. The molecule has 0 bridgehead atoms. The Morgan fingerprint density at radius 3 is 2.64 bits per heavy atom. The maximum Gasteiger partial charge on any atom is 0.252 e. The summed E-state index contributed by atoms with van der Waals surface area (Å²) in [5.74, 6) is -0.0216. The first-order valence-electron chi connectivity index (χ1n) is 4.28. The summed E-state index contributed by atoms with van der Waals surface area (Å²) in [4.78, 5) is 11.7. The van der Waals surface area contributed by atoms with Crippen molar-refractivity contribution in [1.82, 2.24) is 5.32 Å². The van der Waals surface area contributed by atoms with E-state index in [0.717, 1.165) is 27.5 Å². The van der Waals surface area contributed by atoms with Crippen molar-refractivity contribution < 1.29 is 4.79 Å². The van der Waals surface area contributed by atoms with Crippen LogP contribution in [0.3, 0.4) is 0 Å². The second-order valence-corrected chi connectivity index (χ2v) is 6.74. The van der Waals surface area contributed by atoms with Gasteiger partial charge in [-0.2, -0.15) is 0 Å². The van der Waals surface area contributed by atoms with Crippen LogP contribution >= 0.6 is 47.8 Å². The van der Waals surface area contributed by atoms with Gasteiger partial charge in [0, 0.05) is 10.4 Å². The number of amides is 1. The van der Waals surface area contributed by atoms with E-state index in [4.69, 9.17) is 0 Å². The van der Waals surface area contributed by atoms with E-state index < -0.39 is 0 Å². The summed E-state index contributed by atoms with van der Waals surface area (Å²) in [6.07, 6.45) is 3.87. The van der Waals surface area contributed by atoms with E-state index in [1.54, 1.807) is 0 Å². The van der Waals surface area contributed by atoms with E-state index in [2.05, 4.69) is 60.0 Å². The molecule has 1 aliphatic heterocycles. The lowest BCUT2D eigenvalue weighted by atomic mass is 10.1. The van der Waals surface area contributed by atoms with E-state index in [0.29, 0.717) is 0 Å². The van der Waals surface area contributed by atoms with Gasteiger partial charge in [0.2, 0.25) is 0 Å². The van der Waals surface area contributed by atoms with Crippen LogP contribution in [0.2, 0.25) is 0 Å². The molecule has 1 N–H and O–H groups in total. The Bertz CT molecular complexity index is 305. The van der Waals surface area contributed by atoms with Gasteiger partial charge in [0.15, 0.2) is 0 Å². The van der Waals surface area contributed by atoms with Crippen LogP contribution in [0.15, 0.2) is 20.7 Å². The van der Waals surface area contributed by atoms with Crippen molar-refractivity contribution in [2.75, 3.05) is 0 Å². The van der Waals surface area contributed by atoms with Crippen molar-refractivity contribution in [3.05, 3.63) is 20.7 Å². The Hall–Kier alpha value is 0.390. The van der Waals surface area contributed by atoms with Crippen LogP contribution in [-0.2, 0) is 4.79 Å². The average Bonchev–Trinajstić information content (AvgIpc) is 2.48. The molecule has 1 aliphatic rings. The highest BCUT2D eigenvalue weighted by Crippen LogP contribution is 2.28. The molecule has 1 heterocycles. The van der Waals surface area contributed by atoms with Gasteiger partial charge in [-0.3, -0.25) is 4.79 Å². The summed E-state index contributed by atoms with van der Waals surface area (Å²) >= 11 is 10.0. The number of allylic oxidation sites excluding steroid dienone is 1. The summed E-state index contributed by atoms with van der Waals surface area (Å²) in [5, 5.41) is 2.77. The molecule has 1 amide bonds. The summed E-state index contributed by atoms with van der Waals surface area (Å²) in [6.45, 7) is 2.10. The number of hydrogen-bond donors (Lipinski definition) is 1. The highest BCUT2D eigenvalue weighted by Gasteiger charge is 2.24. The molecule has 5 heteroatoms. The SMILES string of the molecule is CCCC(Br)C1=CC(=C(Br)Br)NC1=O. The molecule has 0 saturated heterocycles. The van der Waals surface area contributed by atoms with Gasteiger partial charge in [-0.15, -0.1) is 0 Å². The Morgan fingerprint density at radius 1 is 1.57 bits per heavy atom. The van der Waals surface area contributed by atoms with Gasteiger partial charge < -0.3 is 5.32 Å². The van der Waals surface area contributed by atoms with Crippen LogP contribution in [0, 0.1) is 0 Å². The van der Waals surface area contributed by atoms with E-state index in [1.165, 1.54) is 0 Å². The molecule has 0 radical (unpaired) electrons. The van der Waals surface area contributed by atoms with E-state index in [9.17, 15) is 4.79 Å². The lowest BCUT2D eigenvalue weighted by molar-refractivity contribution is -0.116. The van der Waals surface area contributed by atoms with E-state index >= 15 is 0 Å². The minimum Gasteiger partial charge on any atom is -0.321 e. The minimum atomic E-state index is -0.0216. The van der Waals surface area contributed by atoms with Gasteiger partial charge in [-0.1, -0.05) is 29.3 Å². The Balaban J connectivity index is 2.84. The highest BCUT2D eigenvalue weighted by atomic mass is 79.9. The molecule has 1 unspecified atom stereocenters. The summed E-state index contributed by atoms with van der Waals surface area (Å²) in [7, 11) is 0. The number of hydrogen-bond acceptors (Lipinski definition) is 1. The molecule has 0 spiro atoms. The normalized spacial score (nSPS) is 17.9. The number of alkyl halides is 1. The van der Waals surface area contributed by atoms with Gasteiger partial charge in [-0.05, 0) is 44.4 Å². The van der Waals surface area contributed by atoms with Gasteiger partial charge >= 0.3 is 0 Å². The van der Waals surface area contributed by atoms with Crippen LogP contribution in [-0.4, -0.2) is 10.7 Å². The fourth-order valence-corrected chi connectivity index (χ4v) is 2.42. The standard InChI is InChI=1S/C9H10Br3NO/c1-2-3-6(10)5-4-7(8(11)12)13-9(5)14/h4,6H,2-3H2,1H3,(H,13,14). The van der Waals surface area contributed by atoms with Gasteiger partial charge in [-0.25, -0.2) is 0 Å². The number of carbonyl (C=O) groups excluding carboxylic acids is 1. The van der Waals surface area contributed by atoms with Gasteiger partial charge in [0.1, 0.15) is 0 Å². The molecule has 2 nitrogen and oxygen atoms in total. The van der Waals surface area contributed by atoms with Crippen LogP contribution in [0.5, 0.6) is 0 Å². The molecule has 0 aromatic carbocycles. The van der Waals surface area contributed by atoms with Crippen molar-refractivity contribution in [3.63, 3.8) is 0 Å². The first-order chi connectivity index (χ1) is 6.56. The maximum absolute atomic E-state index is 11.5. The van der Waals surface area contributed by atoms with Crippen molar-refractivity contribution >= 4 is 53.7 Å². The molecular weight excluding hydrogens is 378 g/mol. The smallest absolute Gasteiger partial charge is 0.252 e. The first kappa shape index (κ1) is 12.5.